The molecule has 2 heterocycles. The van der Waals surface area contributed by atoms with Crippen molar-refractivity contribution in [3.8, 4) is 11.4 Å². The molecule has 0 saturated carbocycles. The van der Waals surface area contributed by atoms with Crippen LogP contribution in [0.4, 0.5) is 0 Å². The van der Waals surface area contributed by atoms with Gasteiger partial charge in [-0.05, 0) is 5.56 Å². The molecule has 8 heteroatoms. The predicted octanol–water partition coefficient (Wildman–Crippen LogP) is 2.39. The summed E-state index contributed by atoms with van der Waals surface area (Å²) in [5.74, 6) is 6.79. The maximum atomic E-state index is 12.5. The van der Waals surface area contributed by atoms with Crippen LogP contribution < -0.4 is 5.84 Å². The number of carbonyl (C=O) groups is 1. The van der Waals surface area contributed by atoms with Crippen molar-refractivity contribution in [2.75, 3.05) is 18.1 Å². The molecule has 4 rings (SSSR count). The van der Waals surface area contributed by atoms with E-state index in [1.807, 2.05) is 60.7 Å². The summed E-state index contributed by atoms with van der Waals surface area (Å²) < 4.78 is 1.41. The molecule has 0 radical (unpaired) electrons. The largest absolute Gasteiger partial charge is 0.335 e. The molecule has 7 nitrogen and oxygen atoms in total. The Kier molecular flexibility index (Phi) is 4.88. The number of aromatic nitrogens is 3. The summed E-state index contributed by atoms with van der Waals surface area (Å²) >= 11 is 1.26. The summed E-state index contributed by atoms with van der Waals surface area (Å²) in [5.41, 5.74) is 2.86. The van der Waals surface area contributed by atoms with Crippen molar-refractivity contribution < 1.29 is 4.79 Å². The van der Waals surface area contributed by atoms with Crippen LogP contribution in [0.1, 0.15) is 12.0 Å². The molecular formula is C19H18N6OS. The number of nitrogens with zero attached hydrogens (tertiary/aromatic N) is 5. The Balaban J connectivity index is 1.40. The predicted molar refractivity (Wildman–Crippen MR) is 106 cm³/mol. The average Bonchev–Trinajstić information content (AvgIpc) is 3.35. The summed E-state index contributed by atoms with van der Waals surface area (Å²) in [6.45, 7) is 0.591. The second kappa shape index (κ2) is 7.63. The smallest absolute Gasteiger partial charge is 0.253 e. The van der Waals surface area contributed by atoms with Crippen LogP contribution in [0.5, 0.6) is 0 Å². The molecule has 0 atom stereocenters. The number of amides is 1. The van der Waals surface area contributed by atoms with E-state index in [0.717, 1.165) is 23.3 Å². The number of nitrogen functional groups attached to an aromatic ring is 1. The number of thioether (sulfide) groups is 1. The minimum absolute atomic E-state index is 0.0739. The van der Waals surface area contributed by atoms with E-state index in [2.05, 4.69) is 15.3 Å². The Morgan fingerprint density at radius 2 is 1.67 bits per heavy atom. The Bertz CT molecular complexity index is 970. The molecule has 0 unspecified atom stereocenters. The fourth-order valence-electron chi connectivity index (χ4n) is 2.83. The molecule has 2 aromatic carbocycles. The summed E-state index contributed by atoms with van der Waals surface area (Å²) in [5, 5.41) is 14.7. The number of rotatable bonds is 5. The quantitative estimate of drug-likeness (QED) is 0.544. The second-order valence-electron chi connectivity index (χ2n) is 6.01. The van der Waals surface area contributed by atoms with Crippen molar-refractivity contribution in [3.63, 3.8) is 0 Å². The maximum Gasteiger partial charge on any atom is 0.253 e. The Hall–Kier alpha value is -3.13. The molecule has 1 amide bonds. The van der Waals surface area contributed by atoms with Crippen molar-refractivity contribution >= 4 is 23.4 Å². The van der Waals surface area contributed by atoms with Gasteiger partial charge in [-0.2, -0.15) is 5.10 Å². The van der Waals surface area contributed by atoms with Gasteiger partial charge < -0.3 is 5.84 Å². The third kappa shape index (κ3) is 3.70. The van der Waals surface area contributed by atoms with Crippen LogP contribution in [0, 0.1) is 0 Å². The van der Waals surface area contributed by atoms with Crippen LogP contribution in [0.15, 0.2) is 70.9 Å². The lowest BCUT2D eigenvalue weighted by molar-refractivity contribution is -0.127. The van der Waals surface area contributed by atoms with E-state index in [-0.39, 0.29) is 11.7 Å². The van der Waals surface area contributed by atoms with Crippen molar-refractivity contribution in [1.82, 2.24) is 19.9 Å². The SMILES string of the molecule is Nn1c(SCC(=O)N2CCC(c3ccccc3)=N2)nnc1-c1ccccc1. The first-order valence-electron chi connectivity index (χ1n) is 8.54. The monoisotopic (exact) mass is 378 g/mol. The zero-order valence-corrected chi connectivity index (χ0v) is 15.3. The van der Waals surface area contributed by atoms with Gasteiger partial charge in [-0.25, -0.2) is 9.69 Å². The van der Waals surface area contributed by atoms with Crippen LogP contribution >= 0.6 is 11.8 Å². The van der Waals surface area contributed by atoms with Crippen molar-refractivity contribution in [2.24, 2.45) is 5.10 Å². The molecule has 3 aromatic rings. The molecule has 1 aliphatic heterocycles. The van der Waals surface area contributed by atoms with Crippen LogP contribution in [-0.4, -0.2) is 43.8 Å². The lowest BCUT2D eigenvalue weighted by Crippen LogP contribution is -2.25. The average molecular weight is 378 g/mol. The minimum Gasteiger partial charge on any atom is -0.335 e. The molecule has 0 aliphatic carbocycles. The topological polar surface area (TPSA) is 89.4 Å². The standard InChI is InChI=1S/C19H18N6OS/c20-25-18(15-9-5-2-6-10-15)21-22-19(25)27-13-17(26)24-12-11-16(23-24)14-7-3-1-4-8-14/h1-10H,11-13,20H2. The van der Waals surface area contributed by atoms with Crippen molar-refractivity contribution in [3.05, 3.63) is 66.2 Å². The third-order valence-corrected chi connectivity index (χ3v) is 5.15. The highest BCUT2D eigenvalue weighted by Crippen LogP contribution is 2.22. The van der Waals surface area contributed by atoms with Crippen LogP contribution in [0.25, 0.3) is 11.4 Å². The van der Waals surface area contributed by atoms with Crippen molar-refractivity contribution in [1.29, 1.82) is 0 Å². The molecule has 1 aromatic heterocycles. The van der Waals surface area contributed by atoms with E-state index in [9.17, 15) is 4.79 Å². The zero-order chi connectivity index (χ0) is 18.6. The van der Waals surface area contributed by atoms with Gasteiger partial charge in [0, 0.05) is 12.0 Å². The van der Waals surface area contributed by atoms with Gasteiger partial charge in [0.1, 0.15) is 0 Å². The molecule has 0 bridgehead atoms. The highest BCUT2D eigenvalue weighted by atomic mass is 32.2. The number of nitrogens with two attached hydrogens (primary N) is 1. The fourth-order valence-corrected chi connectivity index (χ4v) is 3.56. The van der Waals surface area contributed by atoms with Gasteiger partial charge in [0.05, 0.1) is 18.0 Å². The van der Waals surface area contributed by atoms with Gasteiger partial charge in [0.2, 0.25) is 5.16 Å². The molecule has 0 spiro atoms. The summed E-state index contributed by atoms with van der Waals surface area (Å²) in [6.07, 6.45) is 0.756. The molecule has 27 heavy (non-hydrogen) atoms. The Morgan fingerprint density at radius 1 is 1.00 bits per heavy atom. The first-order chi connectivity index (χ1) is 13.2. The normalized spacial score (nSPS) is 13.6. The number of hydrogen-bond donors (Lipinski definition) is 1. The number of hydrogen-bond acceptors (Lipinski definition) is 6. The summed E-state index contributed by atoms with van der Waals surface area (Å²) in [7, 11) is 0. The van der Waals surface area contributed by atoms with E-state index in [1.165, 1.54) is 21.4 Å². The van der Waals surface area contributed by atoms with Gasteiger partial charge in [-0.15, -0.1) is 10.2 Å². The van der Waals surface area contributed by atoms with Gasteiger partial charge in [-0.1, -0.05) is 72.4 Å². The van der Waals surface area contributed by atoms with E-state index >= 15 is 0 Å². The van der Waals surface area contributed by atoms with Crippen LogP contribution in [-0.2, 0) is 4.79 Å². The van der Waals surface area contributed by atoms with E-state index in [1.54, 1.807) is 0 Å². The summed E-state index contributed by atoms with van der Waals surface area (Å²) in [4.78, 5) is 12.5. The van der Waals surface area contributed by atoms with E-state index in [0.29, 0.717) is 17.5 Å². The first-order valence-corrected chi connectivity index (χ1v) is 9.53. The number of carbonyl (C=O) groups excluding carboxylic acids is 1. The number of hydrazone groups is 1. The maximum absolute atomic E-state index is 12.5. The molecule has 0 saturated heterocycles. The highest BCUT2D eigenvalue weighted by Gasteiger charge is 2.22. The van der Waals surface area contributed by atoms with Crippen LogP contribution in [0.3, 0.4) is 0 Å². The van der Waals surface area contributed by atoms with Gasteiger partial charge in [-0.3, -0.25) is 4.79 Å². The van der Waals surface area contributed by atoms with E-state index in [4.69, 9.17) is 5.84 Å². The fraction of sp³-hybridized carbons (Fsp3) is 0.158. The zero-order valence-electron chi connectivity index (χ0n) is 14.5. The number of benzene rings is 2. The highest BCUT2D eigenvalue weighted by molar-refractivity contribution is 7.99. The third-order valence-electron chi connectivity index (χ3n) is 4.22. The Labute approximate surface area is 160 Å². The molecule has 0 fully saturated rings. The lowest BCUT2D eigenvalue weighted by atomic mass is 10.1. The van der Waals surface area contributed by atoms with Gasteiger partial charge in [0.15, 0.2) is 5.82 Å². The van der Waals surface area contributed by atoms with Gasteiger partial charge >= 0.3 is 0 Å². The molecule has 1 aliphatic rings. The minimum atomic E-state index is -0.0739. The first kappa shape index (κ1) is 17.3. The van der Waals surface area contributed by atoms with Crippen molar-refractivity contribution in [2.45, 2.75) is 11.6 Å². The Morgan fingerprint density at radius 3 is 2.37 bits per heavy atom. The molecular weight excluding hydrogens is 360 g/mol. The van der Waals surface area contributed by atoms with Crippen LogP contribution in [0.2, 0.25) is 0 Å². The summed E-state index contributed by atoms with van der Waals surface area (Å²) in [6, 6.07) is 19.5. The molecule has 136 valence electrons. The lowest BCUT2D eigenvalue weighted by Gasteiger charge is -2.10. The molecule has 2 N–H and O–H groups in total. The van der Waals surface area contributed by atoms with E-state index < -0.39 is 0 Å². The van der Waals surface area contributed by atoms with Gasteiger partial charge in [0.25, 0.3) is 5.91 Å². The second-order valence-corrected chi connectivity index (χ2v) is 6.95.